The maximum Gasteiger partial charge on any atom is 0.289 e. The minimum atomic E-state index is -0.954. The van der Waals surface area contributed by atoms with Gasteiger partial charge in [0.2, 0.25) is 5.78 Å². The van der Waals surface area contributed by atoms with Crippen LogP contribution >= 0.6 is 0 Å². The van der Waals surface area contributed by atoms with Gasteiger partial charge in [-0.15, -0.1) is 0 Å². The average molecular weight is 374 g/mol. The van der Waals surface area contributed by atoms with Crippen molar-refractivity contribution in [1.29, 1.82) is 0 Å². The van der Waals surface area contributed by atoms with Crippen LogP contribution in [0.4, 0.5) is 0 Å². The lowest BCUT2D eigenvalue weighted by Gasteiger charge is -2.18. The molecule has 0 radical (unpaired) electrons. The van der Waals surface area contributed by atoms with Gasteiger partial charge in [-0.2, -0.15) is 0 Å². The summed E-state index contributed by atoms with van der Waals surface area (Å²) in [7, 11) is 0. The molecular formula is C20H26N2O5. The molecule has 1 heterocycles. The number of hydrogen-bond acceptors (Lipinski definition) is 5. The van der Waals surface area contributed by atoms with Crippen LogP contribution in [0.1, 0.15) is 36.2 Å². The predicted octanol–water partition coefficient (Wildman–Crippen LogP) is 1.37. The zero-order valence-electron chi connectivity index (χ0n) is 15.7. The van der Waals surface area contributed by atoms with E-state index in [4.69, 9.17) is 9.47 Å². The number of fused-ring (bicyclic) bond motifs is 1. The largest absolute Gasteiger partial charge is 0.375 e. The Morgan fingerprint density at radius 1 is 1.15 bits per heavy atom. The number of ketones is 1. The Kier molecular flexibility index (Phi) is 8.16. The van der Waals surface area contributed by atoms with Gasteiger partial charge in [-0.1, -0.05) is 30.4 Å². The molecule has 0 aliphatic carbocycles. The summed E-state index contributed by atoms with van der Waals surface area (Å²) < 4.78 is 11.0. The molecular weight excluding hydrogens is 348 g/mol. The van der Waals surface area contributed by atoms with Gasteiger partial charge in [0.15, 0.2) is 0 Å². The van der Waals surface area contributed by atoms with E-state index in [1.165, 1.54) is 0 Å². The van der Waals surface area contributed by atoms with Gasteiger partial charge in [-0.05, 0) is 31.9 Å². The summed E-state index contributed by atoms with van der Waals surface area (Å²) in [5.41, 5.74) is 1.13. The number of hydrogen-bond donors (Lipinski definition) is 2. The first kappa shape index (κ1) is 20.8. The first-order valence-corrected chi connectivity index (χ1v) is 9.03. The minimum absolute atomic E-state index is 0.169. The van der Waals surface area contributed by atoms with Crippen molar-refractivity contribution >= 4 is 17.6 Å². The first-order chi connectivity index (χ1) is 13.0. The Labute approximate surface area is 159 Å². The molecule has 7 heteroatoms. The zero-order valence-corrected chi connectivity index (χ0v) is 15.7. The van der Waals surface area contributed by atoms with Crippen molar-refractivity contribution in [3.63, 3.8) is 0 Å². The topological polar surface area (TPSA) is 93.7 Å². The Bertz CT molecular complexity index is 699. The van der Waals surface area contributed by atoms with E-state index < -0.39 is 23.6 Å². The molecule has 0 spiro atoms. The molecule has 0 saturated carbocycles. The standard InChI is InChI=1S/C20H26N2O5/c1-14(2)21-20(25)18(23)17-9-5-6-10-26-11-12-27-13-15-7-3-4-8-16(15)19(24)22-17/h3-8,14,17H,9-13H2,1-2H3,(H,21,25)(H,22,24)/b6-5-. The monoisotopic (exact) mass is 374 g/mol. The second-order valence-electron chi connectivity index (χ2n) is 6.51. The van der Waals surface area contributed by atoms with Gasteiger partial charge in [0.25, 0.3) is 11.8 Å². The molecule has 0 saturated heterocycles. The third-order valence-corrected chi connectivity index (χ3v) is 3.91. The van der Waals surface area contributed by atoms with Crippen LogP contribution in [-0.2, 0) is 25.7 Å². The van der Waals surface area contributed by atoms with Crippen LogP contribution in [0.25, 0.3) is 0 Å². The highest BCUT2D eigenvalue weighted by Gasteiger charge is 2.27. The molecule has 1 aromatic rings. The van der Waals surface area contributed by atoms with Crippen LogP contribution in [0.3, 0.4) is 0 Å². The quantitative estimate of drug-likeness (QED) is 0.616. The van der Waals surface area contributed by atoms with Crippen molar-refractivity contribution in [2.75, 3.05) is 19.8 Å². The molecule has 0 fully saturated rings. The number of nitrogens with one attached hydrogen (secondary N) is 2. The molecule has 2 rings (SSSR count). The molecule has 27 heavy (non-hydrogen) atoms. The molecule has 1 unspecified atom stereocenters. The fourth-order valence-electron chi connectivity index (χ4n) is 2.58. The van der Waals surface area contributed by atoms with Crippen molar-refractivity contribution in [1.82, 2.24) is 10.6 Å². The van der Waals surface area contributed by atoms with Crippen LogP contribution < -0.4 is 10.6 Å². The lowest BCUT2D eigenvalue weighted by atomic mass is 10.0. The van der Waals surface area contributed by atoms with Crippen LogP contribution in [0.2, 0.25) is 0 Å². The molecule has 1 aromatic carbocycles. The van der Waals surface area contributed by atoms with Crippen LogP contribution in [0.5, 0.6) is 0 Å². The van der Waals surface area contributed by atoms with E-state index in [2.05, 4.69) is 10.6 Å². The second-order valence-corrected chi connectivity index (χ2v) is 6.51. The normalized spacial score (nSPS) is 20.1. The number of benzene rings is 1. The average Bonchev–Trinajstić information content (AvgIpc) is 2.64. The number of amides is 2. The fourth-order valence-corrected chi connectivity index (χ4v) is 2.58. The maximum absolute atomic E-state index is 12.7. The van der Waals surface area contributed by atoms with Gasteiger partial charge in [0.1, 0.15) is 6.04 Å². The van der Waals surface area contributed by atoms with Gasteiger partial charge < -0.3 is 20.1 Å². The van der Waals surface area contributed by atoms with Gasteiger partial charge in [-0.3, -0.25) is 14.4 Å². The predicted molar refractivity (Wildman–Crippen MR) is 100 cm³/mol. The molecule has 1 atom stereocenters. The van der Waals surface area contributed by atoms with Crippen molar-refractivity contribution in [2.24, 2.45) is 0 Å². The van der Waals surface area contributed by atoms with Gasteiger partial charge >= 0.3 is 0 Å². The van der Waals surface area contributed by atoms with E-state index in [1.807, 2.05) is 6.07 Å². The molecule has 0 aromatic heterocycles. The number of rotatable bonds is 3. The van der Waals surface area contributed by atoms with E-state index in [0.29, 0.717) is 30.9 Å². The van der Waals surface area contributed by atoms with Gasteiger partial charge in [0.05, 0.1) is 26.4 Å². The molecule has 2 amide bonds. The van der Waals surface area contributed by atoms with E-state index in [0.717, 1.165) is 0 Å². The van der Waals surface area contributed by atoms with Crippen molar-refractivity contribution in [2.45, 2.75) is 39.0 Å². The third kappa shape index (κ3) is 6.62. The molecule has 146 valence electrons. The fraction of sp³-hybridized carbons (Fsp3) is 0.450. The number of ether oxygens (including phenoxy) is 2. The van der Waals surface area contributed by atoms with E-state index >= 15 is 0 Å². The Balaban J connectivity index is 2.23. The molecule has 1 aliphatic rings. The van der Waals surface area contributed by atoms with Crippen molar-refractivity contribution < 1.29 is 23.9 Å². The number of carbonyl (C=O) groups is 3. The minimum Gasteiger partial charge on any atom is -0.375 e. The summed E-state index contributed by atoms with van der Waals surface area (Å²) in [5.74, 6) is -1.80. The van der Waals surface area contributed by atoms with E-state index in [1.54, 1.807) is 44.2 Å². The SMILES string of the molecule is CC(C)NC(=O)C(=O)C1C/C=C\COCCOCc2ccccc2C(=O)N1. The van der Waals surface area contributed by atoms with Crippen molar-refractivity contribution in [3.8, 4) is 0 Å². The number of carbonyl (C=O) groups excluding carboxylic acids is 3. The highest BCUT2D eigenvalue weighted by atomic mass is 16.5. The molecule has 2 N–H and O–H groups in total. The Morgan fingerprint density at radius 3 is 2.67 bits per heavy atom. The highest BCUT2D eigenvalue weighted by Crippen LogP contribution is 2.12. The molecule has 7 nitrogen and oxygen atoms in total. The third-order valence-electron chi connectivity index (χ3n) is 3.91. The lowest BCUT2D eigenvalue weighted by Crippen LogP contribution is -2.48. The summed E-state index contributed by atoms with van der Waals surface area (Å²) in [4.78, 5) is 37.3. The second kappa shape index (κ2) is 10.6. The van der Waals surface area contributed by atoms with Crippen LogP contribution in [0.15, 0.2) is 36.4 Å². The number of Topliss-reactive ketones (excluding diaryl/α,β-unsaturated/α-hetero) is 1. The smallest absolute Gasteiger partial charge is 0.289 e. The molecule has 0 bridgehead atoms. The highest BCUT2D eigenvalue weighted by molar-refractivity contribution is 6.38. The maximum atomic E-state index is 12.7. The summed E-state index contributed by atoms with van der Waals surface area (Å²) in [5, 5.41) is 5.25. The summed E-state index contributed by atoms with van der Waals surface area (Å²) in [6.45, 7) is 5.01. The summed E-state index contributed by atoms with van der Waals surface area (Å²) in [6, 6.07) is 5.90. The lowest BCUT2D eigenvalue weighted by molar-refractivity contribution is -0.139. The Morgan fingerprint density at radius 2 is 1.89 bits per heavy atom. The van der Waals surface area contributed by atoms with E-state index in [-0.39, 0.29) is 19.1 Å². The van der Waals surface area contributed by atoms with Gasteiger partial charge in [-0.25, -0.2) is 0 Å². The van der Waals surface area contributed by atoms with Crippen LogP contribution in [-0.4, -0.2) is 49.5 Å². The van der Waals surface area contributed by atoms with E-state index in [9.17, 15) is 14.4 Å². The zero-order chi connectivity index (χ0) is 19.6. The summed E-state index contributed by atoms with van der Waals surface area (Å²) >= 11 is 0. The van der Waals surface area contributed by atoms with Gasteiger partial charge in [0, 0.05) is 11.6 Å². The first-order valence-electron chi connectivity index (χ1n) is 9.03. The van der Waals surface area contributed by atoms with Crippen molar-refractivity contribution in [3.05, 3.63) is 47.5 Å². The Hall–Kier alpha value is -2.51. The van der Waals surface area contributed by atoms with Crippen LogP contribution in [0, 0.1) is 0 Å². The summed E-state index contributed by atoms with van der Waals surface area (Å²) in [6.07, 6.45) is 3.69. The molecule has 1 aliphatic heterocycles.